The van der Waals surface area contributed by atoms with E-state index in [-0.39, 0.29) is 0 Å². The molecule has 0 aliphatic heterocycles. The minimum atomic E-state index is 0.381. The van der Waals surface area contributed by atoms with Gasteiger partial charge in [0.15, 0.2) is 5.88 Å². The first-order chi connectivity index (χ1) is 8.85. The molecule has 19 heavy (non-hydrogen) atoms. The van der Waals surface area contributed by atoms with Gasteiger partial charge < -0.3 is 16.5 Å². The van der Waals surface area contributed by atoms with Crippen molar-refractivity contribution in [1.29, 1.82) is 0 Å². The van der Waals surface area contributed by atoms with Crippen LogP contribution in [0, 0.1) is 33.1 Å². The predicted octanol–water partition coefficient (Wildman–Crippen LogP) is 3.79. The van der Waals surface area contributed by atoms with Gasteiger partial charge in [-0.15, -0.1) is 5.57 Å². The first-order valence-corrected chi connectivity index (χ1v) is 6.04. The van der Waals surface area contributed by atoms with Gasteiger partial charge in [0.05, 0.1) is 0 Å². The highest BCUT2D eigenvalue weighted by atomic mass is 16.5. The second-order valence-corrected chi connectivity index (χ2v) is 4.51. The number of rotatable bonds is 4. The van der Waals surface area contributed by atoms with Gasteiger partial charge >= 0.3 is 0 Å². The van der Waals surface area contributed by atoms with Crippen molar-refractivity contribution in [2.24, 2.45) is 0 Å². The summed E-state index contributed by atoms with van der Waals surface area (Å²) in [5.74, 6) is 3.99. The van der Waals surface area contributed by atoms with Crippen LogP contribution in [0.25, 0.3) is 0 Å². The van der Waals surface area contributed by atoms with Crippen LogP contribution in [0.3, 0.4) is 0 Å². The molecule has 0 radical (unpaired) electrons. The average Bonchev–Trinajstić information content (AvgIpc) is 2.34. The Morgan fingerprint density at radius 2 is 1.95 bits per heavy atom. The van der Waals surface area contributed by atoms with E-state index in [2.05, 4.69) is 28.9 Å². The van der Waals surface area contributed by atoms with Crippen molar-refractivity contribution >= 4 is 5.82 Å². The largest absolute Gasteiger partial charge is 0.464 e. The zero-order valence-corrected chi connectivity index (χ0v) is 12.1. The molecule has 100 valence electrons. The molecule has 0 fully saturated rings. The van der Waals surface area contributed by atoms with E-state index < -0.39 is 0 Å². The van der Waals surface area contributed by atoms with Gasteiger partial charge in [-0.05, 0) is 45.4 Å². The van der Waals surface area contributed by atoms with Crippen LogP contribution in [0.2, 0.25) is 0 Å². The van der Waals surface area contributed by atoms with Gasteiger partial charge in [0.25, 0.3) is 0 Å². The lowest BCUT2D eigenvalue weighted by Crippen LogP contribution is -2.06. The Kier molecular flexibility index (Phi) is 4.77. The number of nitrogens with one attached hydrogen (secondary N) is 1. The lowest BCUT2D eigenvalue weighted by atomic mass is 10.1. The molecular formula is C16H19N2O-. The van der Waals surface area contributed by atoms with Crippen molar-refractivity contribution in [2.45, 2.75) is 34.6 Å². The van der Waals surface area contributed by atoms with Crippen molar-refractivity contribution in [3.8, 4) is 5.92 Å². The molecule has 0 amide bonds. The van der Waals surface area contributed by atoms with Crippen LogP contribution in [-0.2, 0) is 4.74 Å². The fourth-order valence-electron chi connectivity index (χ4n) is 1.48. The van der Waals surface area contributed by atoms with Gasteiger partial charge in [-0.25, -0.2) is 4.98 Å². The van der Waals surface area contributed by atoms with E-state index in [4.69, 9.17) is 11.2 Å². The zero-order chi connectivity index (χ0) is 14.6. The highest BCUT2D eigenvalue weighted by molar-refractivity contribution is 5.49. The number of aromatic nitrogens is 1. The minimum absolute atomic E-state index is 0.381. The van der Waals surface area contributed by atoms with E-state index in [1.165, 1.54) is 0 Å². The van der Waals surface area contributed by atoms with Crippen LogP contribution < -0.4 is 5.32 Å². The summed E-state index contributed by atoms with van der Waals surface area (Å²) in [5, 5.41) is 3.04. The Morgan fingerprint density at radius 3 is 2.53 bits per heavy atom. The Labute approximate surface area is 115 Å². The lowest BCUT2D eigenvalue weighted by Gasteiger charge is -2.16. The quantitative estimate of drug-likeness (QED) is 0.505. The molecule has 1 rings (SSSR count). The summed E-state index contributed by atoms with van der Waals surface area (Å²) in [6.45, 7) is 13.3. The number of hydrogen-bond donors (Lipinski definition) is 1. The zero-order valence-electron chi connectivity index (χ0n) is 12.1. The minimum Gasteiger partial charge on any atom is -0.464 e. The summed E-state index contributed by atoms with van der Waals surface area (Å²) < 4.78 is 5.48. The van der Waals surface area contributed by atoms with E-state index in [1.54, 1.807) is 13.8 Å². The second-order valence-electron chi connectivity index (χ2n) is 4.51. The first-order valence-electron chi connectivity index (χ1n) is 6.04. The van der Waals surface area contributed by atoms with Crippen LogP contribution in [0.4, 0.5) is 5.82 Å². The SMILES string of the molecule is [C-]#C/C(C)=C(/C)OC(=C)Nc1nc(C)c(C)cc1C. The van der Waals surface area contributed by atoms with Gasteiger partial charge in [-0.3, -0.25) is 5.92 Å². The standard InChI is InChI=1S/C16H19N2O/c1-8-10(2)14(6)19-15(7)18-16-12(4)9-11(3)13(5)17-16/h9H,7H2,2-6H3,(H,17,18)/q-1/b14-10-. The van der Waals surface area contributed by atoms with Gasteiger partial charge in [0.1, 0.15) is 5.82 Å². The molecule has 0 aromatic carbocycles. The summed E-state index contributed by atoms with van der Waals surface area (Å²) in [7, 11) is 0. The molecule has 1 aromatic rings. The predicted molar refractivity (Wildman–Crippen MR) is 77.8 cm³/mol. The fraction of sp³-hybridized carbons (Fsp3) is 0.312. The van der Waals surface area contributed by atoms with Crippen LogP contribution in [0.5, 0.6) is 0 Å². The molecule has 0 aliphatic carbocycles. The third-order valence-electron chi connectivity index (χ3n) is 2.91. The van der Waals surface area contributed by atoms with E-state index >= 15 is 0 Å². The molecular weight excluding hydrogens is 236 g/mol. The Bertz CT molecular complexity index is 577. The number of hydrogen-bond acceptors (Lipinski definition) is 3. The highest BCUT2D eigenvalue weighted by Crippen LogP contribution is 2.18. The molecule has 0 saturated carbocycles. The number of nitrogens with zero attached hydrogens (tertiary/aromatic N) is 1. The normalized spacial score (nSPS) is 11.4. The molecule has 3 nitrogen and oxygen atoms in total. The van der Waals surface area contributed by atoms with Gasteiger partial charge in [-0.2, -0.15) is 0 Å². The van der Waals surface area contributed by atoms with Crippen LogP contribution in [-0.4, -0.2) is 4.98 Å². The van der Waals surface area contributed by atoms with E-state index in [9.17, 15) is 0 Å². The second kappa shape index (κ2) is 6.10. The monoisotopic (exact) mass is 255 g/mol. The number of anilines is 1. The Balaban J connectivity index is 2.85. The summed E-state index contributed by atoms with van der Waals surface area (Å²) in [6.07, 6.45) is 7.04. The number of aryl methyl sites for hydroxylation is 3. The smallest absolute Gasteiger partial charge is 0.188 e. The summed E-state index contributed by atoms with van der Waals surface area (Å²) in [4.78, 5) is 4.46. The average molecular weight is 255 g/mol. The highest BCUT2D eigenvalue weighted by Gasteiger charge is 2.05. The summed E-state index contributed by atoms with van der Waals surface area (Å²) >= 11 is 0. The number of allylic oxidation sites excluding steroid dienone is 2. The molecule has 1 aromatic heterocycles. The maximum Gasteiger partial charge on any atom is 0.188 e. The molecule has 0 spiro atoms. The van der Waals surface area contributed by atoms with Gasteiger partial charge in [-0.1, -0.05) is 13.0 Å². The molecule has 0 saturated heterocycles. The lowest BCUT2D eigenvalue weighted by molar-refractivity contribution is 0.311. The Hall–Kier alpha value is -2.21. The maximum absolute atomic E-state index is 7.04. The van der Waals surface area contributed by atoms with Crippen LogP contribution >= 0.6 is 0 Å². The van der Waals surface area contributed by atoms with Crippen LogP contribution in [0.1, 0.15) is 30.7 Å². The number of pyridine rings is 1. The first kappa shape index (κ1) is 14.8. The third-order valence-corrected chi connectivity index (χ3v) is 2.91. The van der Waals surface area contributed by atoms with Gasteiger partial charge in [0.2, 0.25) is 0 Å². The summed E-state index contributed by atoms with van der Waals surface area (Å²) in [6, 6.07) is 2.07. The van der Waals surface area contributed by atoms with Crippen molar-refractivity contribution in [3.05, 3.63) is 53.1 Å². The molecule has 1 N–H and O–H groups in total. The molecule has 0 atom stereocenters. The molecule has 1 heterocycles. The molecule has 0 aliphatic rings. The van der Waals surface area contributed by atoms with Crippen molar-refractivity contribution in [2.75, 3.05) is 5.32 Å². The maximum atomic E-state index is 7.04. The van der Waals surface area contributed by atoms with E-state index in [0.29, 0.717) is 17.2 Å². The molecule has 3 heteroatoms. The van der Waals surface area contributed by atoms with E-state index in [1.807, 2.05) is 20.8 Å². The van der Waals surface area contributed by atoms with Crippen molar-refractivity contribution in [1.82, 2.24) is 4.98 Å². The van der Waals surface area contributed by atoms with Gasteiger partial charge in [0, 0.05) is 11.5 Å². The third kappa shape index (κ3) is 3.89. The number of ether oxygens (including phenoxy) is 1. The summed E-state index contributed by atoms with van der Waals surface area (Å²) in [5.41, 5.74) is 3.79. The van der Waals surface area contributed by atoms with Crippen LogP contribution in [0.15, 0.2) is 29.9 Å². The molecule has 0 bridgehead atoms. The van der Waals surface area contributed by atoms with Crippen molar-refractivity contribution < 1.29 is 4.74 Å². The Morgan fingerprint density at radius 1 is 1.32 bits per heavy atom. The fourth-order valence-corrected chi connectivity index (χ4v) is 1.48. The van der Waals surface area contributed by atoms with Crippen molar-refractivity contribution in [3.63, 3.8) is 0 Å². The topological polar surface area (TPSA) is 34.1 Å². The van der Waals surface area contributed by atoms with E-state index in [0.717, 1.165) is 22.6 Å². The molecule has 0 unspecified atom stereocenters.